The highest BCUT2D eigenvalue weighted by atomic mass is 16.5. The molecule has 2 heterocycles. The zero-order valence-electron chi connectivity index (χ0n) is 16.1. The average Bonchev–Trinajstić information content (AvgIpc) is 3.10. The Balaban J connectivity index is 1.85. The summed E-state index contributed by atoms with van der Waals surface area (Å²) in [6, 6.07) is 10.4. The lowest BCUT2D eigenvalue weighted by atomic mass is 9.94. The molecule has 4 rings (SSSR count). The number of aromatic nitrogens is 1. The first-order chi connectivity index (χ1) is 13.2. The van der Waals surface area contributed by atoms with Gasteiger partial charge in [-0.1, -0.05) is 0 Å². The van der Waals surface area contributed by atoms with Gasteiger partial charge < -0.3 is 29.2 Å². The van der Waals surface area contributed by atoms with Crippen LogP contribution in [0.5, 0.6) is 23.0 Å². The summed E-state index contributed by atoms with van der Waals surface area (Å²) < 4.78 is 22.0. The van der Waals surface area contributed by atoms with Gasteiger partial charge in [0.25, 0.3) is 0 Å². The highest BCUT2D eigenvalue weighted by Crippen LogP contribution is 2.41. The quantitative estimate of drug-likeness (QED) is 0.725. The number of nitrogens with one attached hydrogen (secondary N) is 1. The van der Waals surface area contributed by atoms with Gasteiger partial charge in [-0.15, -0.1) is 0 Å². The second-order valence-corrected chi connectivity index (χ2v) is 6.64. The number of quaternary nitrogens is 1. The summed E-state index contributed by atoms with van der Waals surface area (Å²) >= 11 is 0. The van der Waals surface area contributed by atoms with Gasteiger partial charge in [-0.2, -0.15) is 0 Å². The SMILES string of the molecule is COc1ccc2[nH]c3c(c2c1)CC[NH2+][C@H]3c1cc(OC)c(OC)c(OC)c1. The first-order valence-corrected chi connectivity index (χ1v) is 9.01. The molecule has 0 radical (unpaired) electrons. The maximum Gasteiger partial charge on any atom is 0.203 e. The number of ether oxygens (including phenoxy) is 4. The highest BCUT2D eigenvalue weighted by molar-refractivity contribution is 5.86. The van der Waals surface area contributed by atoms with Crippen LogP contribution in [0.2, 0.25) is 0 Å². The number of aromatic amines is 1. The van der Waals surface area contributed by atoms with E-state index in [1.165, 1.54) is 16.6 Å². The molecule has 1 aromatic heterocycles. The molecule has 0 unspecified atom stereocenters. The molecule has 0 amide bonds. The number of H-pyrrole nitrogens is 1. The molecular formula is C21H25N2O4+. The molecule has 1 aliphatic rings. The molecule has 0 spiro atoms. The molecule has 142 valence electrons. The van der Waals surface area contributed by atoms with E-state index in [2.05, 4.69) is 22.4 Å². The Morgan fingerprint density at radius 2 is 1.67 bits per heavy atom. The molecule has 3 aromatic rings. The predicted molar refractivity (Wildman–Crippen MR) is 103 cm³/mol. The summed E-state index contributed by atoms with van der Waals surface area (Å²) in [7, 11) is 6.61. The van der Waals surface area contributed by atoms with Crippen molar-refractivity contribution in [2.75, 3.05) is 35.0 Å². The van der Waals surface area contributed by atoms with E-state index in [0.717, 1.165) is 29.8 Å². The van der Waals surface area contributed by atoms with E-state index in [1.54, 1.807) is 28.4 Å². The van der Waals surface area contributed by atoms with E-state index >= 15 is 0 Å². The smallest absolute Gasteiger partial charge is 0.203 e. The number of hydrogen-bond donors (Lipinski definition) is 2. The molecular weight excluding hydrogens is 344 g/mol. The van der Waals surface area contributed by atoms with Crippen LogP contribution in [0.15, 0.2) is 30.3 Å². The van der Waals surface area contributed by atoms with Crippen LogP contribution in [0.1, 0.15) is 22.9 Å². The Labute approximate surface area is 158 Å². The molecule has 27 heavy (non-hydrogen) atoms. The van der Waals surface area contributed by atoms with Gasteiger partial charge in [0.1, 0.15) is 5.75 Å². The van der Waals surface area contributed by atoms with Crippen LogP contribution in [0, 0.1) is 0 Å². The Hall–Kier alpha value is -2.86. The van der Waals surface area contributed by atoms with Gasteiger partial charge in [0.2, 0.25) is 5.75 Å². The second kappa shape index (κ2) is 7.04. The molecule has 1 aliphatic heterocycles. The van der Waals surface area contributed by atoms with Crippen molar-refractivity contribution in [3.63, 3.8) is 0 Å². The molecule has 0 saturated carbocycles. The third-order valence-corrected chi connectivity index (χ3v) is 5.30. The van der Waals surface area contributed by atoms with E-state index in [4.69, 9.17) is 18.9 Å². The normalized spacial score (nSPS) is 16.1. The number of nitrogens with two attached hydrogens (primary N) is 1. The minimum absolute atomic E-state index is 0.140. The van der Waals surface area contributed by atoms with Gasteiger partial charge in [0.05, 0.1) is 40.7 Å². The van der Waals surface area contributed by atoms with Gasteiger partial charge in [-0.05, 0) is 35.9 Å². The monoisotopic (exact) mass is 369 g/mol. The van der Waals surface area contributed by atoms with Crippen molar-refractivity contribution in [3.8, 4) is 23.0 Å². The molecule has 1 atom stereocenters. The van der Waals surface area contributed by atoms with E-state index < -0.39 is 0 Å². The van der Waals surface area contributed by atoms with Gasteiger partial charge in [0, 0.05) is 22.9 Å². The van der Waals surface area contributed by atoms with Crippen molar-refractivity contribution in [1.82, 2.24) is 4.98 Å². The van der Waals surface area contributed by atoms with Gasteiger partial charge in [-0.3, -0.25) is 0 Å². The predicted octanol–water partition coefficient (Wildman–Crippen LogP) is 2.41. The van der Waals surface area contributed by atoms with Crippen LogP contribution in [0.3, 0.4) is 0 Å². The summed E-state index contributed by atoms with van der Waals surface area (Å²) in [4.78, 5) is 3.62. The topological polar surface area (TPSA) is 69.3 Å². The van der Waals surface area contributed by atoms with Gasteiger partial charge >= 0.3 is 0 Å². The van der Waals surface area contributed by atoms with E-state index in [0.29, 0.717) is 17.2 Å². The number of fused-ring (bicyclic) bond motifs is 3. The molecule has 0 aliphatic carbocycles. The van der Waals surface area contributed by atoms with Crippen LogP contribution in [-0.4, -0.2) is 40.0 Å². The van der Waals surface area contributed by atoms with Gasteiger partial charge in [0.15, 0.2) is 17.5 Å². The summed E-state index contributed by atoms with van der Waals surface area (Å²) in [5.41, 5.74) is 4.82. The van der Waals surface area contributed by atoms with Crippen LogP contribution in [-0.2, 0) is 6.42 Å². The van der Waals surface area contributed by atoms with Crippen molar-refractivity contribution < 1.29 is 24.3 Å². The van der Waals surface area contributed by atoms with Crippen LogP contribution >= 0.6 is 0 Å². The second-order valence-electron chi connectivity index (χ2n) is 6.64. The fourth-order valence-corrected chi connectivity index (χ4v) is 4.01. The first-order valence-electron chi connectivity index (χ1n) is 9.01. The van der Waals surface area contributed by atoms with Crippen molar-refractivity contribution in [3.05, 3.63) is 47.2 Å². The zero-order chi connectivity index (χ0) is 19.0. The largest absolute Gasteiger partial charge is 0.497 e. The molecule has 3 N–H and O–H groups in total. The molecule has 2 aromatic carbocycles. The molecule has 0 bridgehead atoms. The lowest BCUT2D eigenvalue weighted by Crippen LogP contribution is -2.87. The number of hydrogen-bond acceptors (Lipinski definition) is 4. The van der Waals surface area contributed by atoms with Crippen LogP contribution < -0.4 is 24.3 Å². The fraction of sp³-hybridized carbons (Fsp3) is 0.333. The Morgan fingerprint density at radius 1 is 0.926 bits per heavy atom. The van der Waals surface area contributed by atoms with Crippen molar-refractivity contribution in [2.24, 2.45) is 0 Å². The number of rotatable bonds is 5. The third kappa shape index (κ3) is 2.86. The Morgan fingerprint density at radius 3 is 2.30 bits per heavy atom. The van der Waals surface area contributed by atoms with E-state index in [1.807, 2.05) is 18.2 Å². The third-order valence-electron chi connectivity index (χ3n) is 5.30. The van der Waals surface area contributed by atoms with Crippen molar-refractivity contribution in [1.29, 1.82) is 0 Å². The molecule has 0 fully saturated rings. The summed E-state index contributed by atoms with van der Waals surface area (Å²) in [6.45, 7) is 1.01. The van der Waals surface area contributed by atoms with Crippen molar-refractivity contribution >= 4 is 10.9 Å². The lowest BCUT2D eigenvalue weighted by Gasteiger charge is -2.23. The minimum atomic E-state index is 0.140. The van der Waals surface area contributed by atoms with Crippen LogP contribution in [0.25, 0.3) is 10.9 Å². The van der Waals surface area contributed by atoms with E-state index in [9.17, 15) is 0 Å². The average molecular weight is 369 g/mol. The number of benzene rings is 2. The zero-order valence-corrected chi connectivity index (χ0v) is 16.1. The Bertz CT molecular complexity index is 955. The van der Waals surface area contributed by atoms with E-state index in [-0.39, 0.29) is 6.04 Å². The van der Waals surface area contributed by atoms with Crippen molar-refractivity contribution in [2.45, 2.75) is 12.5 Å². The molecule has 6 heteroatoms. The first kappa shape index (κ1) is 17.5. The number of methoxy groups -OCH3 is 4. The lowest BCUT2D eigenvalue weighted by molar-refractivity contribution is -0.690. The summed E-state index contributed by atoms with van der Waals surface area (Å²) in [5.74, 6) is 2.83. The fourth-order valence-electron chi connectivity index (χ4n) is 4.01. The van der Waals surface area contributed by atoms with Gasteiger partial charge in [-0.25, -0.2) is 0 Å². The summed E-state index contributed by atoms with van der Waals surface area (Å²) in [5, 5.41) is 3.57. The maximum absolute atomic E-state index is 5.54. The molecule has 6 nitrogen and oxygen atoms in total. The Kier molecular flexibility index (Phi) is 4.58. The molecule has 0 saturated heterocycles. The summed E-state index contributed by atoms with van der Waals surface area (Å²) in [6.07, 6.45) is 1.02. The highest BCUT2D eigenvalue weighted by Gasteiger charge is 2.30. The standard InChI is InChI=1S/C21H24N2O4/c1-24-13-5-6-16-15(11-13)14-7-8-22-19(20(14)23-16)12-9-17(25-2)21(27-4)18(10-12)26-3/h5-6,9-11,19,22-23H,7-8H2,1-4H3/p+1/t19-/m0/s1. The maximum atomic E-state index is 5.54. The minimum Gasteiger partial charge on any atom is -0.497 e. The van der Waals surface area contributed by atoms with Crippen LogP contribution in [0.4, 0.5) is 0 Å².